The number of piperidine rings is 1. The number of thiazole rings is 1. The number of ether oxygens (including phenoxy) is 1. The maximum Gasteiger partial charge on any atom is 0.233 e. The van der Waals surface area contributed by atoms with Crippen molar-refractivity contribution >= 4 is 17.2 Å². The lowest BCUT2D eigenvalue weighted by Gasteiger charge is -2.34. The second-order valence-electron chi connectivity index (χ2n) is 8.59. The van der Waals surface area contributed by atoms with Gasteiger partial charge in [-0.2, -0.15) is 0 Å². The Hall–Kier alpha value is -2.80. The van der Waals surface area contributed by atoms with Crippen LogP contribution in [-0.2, 0) is 10.2 Å². The minimum absolute atomic E-state index is 0.144. The van der Waals surface area contributed by atoms with Crippen molar-refractivity contribution in [1.82, 2.24) is 9.88 Å². The number of amides is 1. The van der Waals surface area contributed by atoms with E-state index in [1.54, 1.807) is 29.5 Å². The Labute approximate surface area is 189 Å². The van der Waals surface area contributed by atoms with Crippen molar-refractivity contribution < 1.29 is 18.3 Å². The van der Waals surface area contributed by atoms with Crippen molar-refractivity contribution in [3.63, 3.8) is 0 Å². The summed E-state index contributed by atoms with van der Waals surface area (Å²) in [6.07, 6.45) is 3.51. The van der Waals surface area contributed by atoms with E-state index in [2.05, 4.69) is 0 Å². The van der Waals surface area contributed by atoms with Gasteiger partial charge in [-0.05, 0) is 55.5 Å². The summed E-state index contributed by atoms with van der Waals surface area (Å²) in [7, 11) is 1.52. The van der Waals surface area contributed by atoms with Crippen LogP contribution in [0.4, 0.5) is 8.78 Å². The summed E-state index contributed by atoms with van der Waals surface area (Å²) in [6.45, 7) is 1.37. The second kappa shape index (κ2) is 8.28. The van der Waals surface area contributed by atoms with Crippen LogP contribution in [0.5, 0.6) is 5.75 Å². The SMILES string of the molecule is COc1cc(F)ccc1-c1csc([C@@H]2CCCN(C(=O)C3(c4ccc(F)cc4)CC3)C2)n1. The van der Waals surface area contributed by atoms with Gasteiger partial charge in [0.2, 0.25) is 5.91 Å². The summed E-state index contributed by atoms with van der Waals surface area (Å²) in [5.41, 5.74) is 1.93. The van der Waals surface area contributed by atoms with Crippen LogP contribution in [0.2, 0.25) is 0 Å². The van der Waals surface area contributed by atoms with Crippen LogP contribution in [0.25, 0.3) is 11.3 Å². The lowest BCUT2D eigenvalue weighted by atomic mass is 9.91. The molecule has 0 unspecified atom stereocenters. The minimum atomic E-state index is -0.495. The van der Waals surface area contributed by atoms with Crippen LogP contribution in [-0.4, -0.2) is 36.0 Å². The van der Waals surface area contributed by atoms with Gasteiger partial charge in [0, 0.05) is 36.0 Å². The van der Waals surface area contributed by atoms with E-state index in [0.717, 1.165) is 54.1 Å². The van der Waals surface area contributed by atoms with Crippen LogP contribution in [0, 0.1) is 11.6 Å². The first-order valence-corrected chi connectivity index (χ1v) is 11.7. The summed E-state index contributed by atoms with van der Waals surface area (Å²) < 4.78 is 32.2. The molecule has 0 N–H and O–H groups in total. The number of aromatic nitrogens is 1. The average Bonchev–Trinajstić information content (AvgIpc) is 3.48. The van der Waals surface area contributed by atoms with E-state index in [4.69, 9.17) is 9.72 Å². The Morgan fingerprint density at radius 3 is 2.62 bits per heavy atom. The van der Waals surface area contributed by atoms with Crippen molar-refractivity contribution in [1.29, 1.82) is 0 Å². The summed E-state index contributed by atoms with van der Waals surface area (Å²) in [5, 5.41) is 2.95. The molecule has 7 heteroatoms. The minimum Gasteiger partial charge on any atom is -0.496 e. The third-order valence-electron chi connectivity index (χ3n) is 6.58. The maximum absolute atomic E-state index is 13.6. The number of rotatable bonds is 5. The molecule has 5 rings (SSSR count). The van der Waals surface area contributed by atoms with Gasteiger partial charge in [-0.3, -0.25) is 4.79 Å². The fourth-order valence-corrected chi connectivity index (χ4v) is 5.61. The van der Waals surface area contributed by atoms with E-state index in [1.165, 1.54) is 31.4 Å². The Morgan fingerprint density at radius 2 is 1.91 bits per heavy atom. The molecular weight excluding hydrogens is 430 g/mol. The van der Waals surface area contributed by atoms with E-state index in [9.17, 15) is 13.6 Å². The first-order valence-electron chi connectivity index (χ1n) is 10.8. The van der Waals surface area contributed by atoms with Crippen molar-refractivity contribution in [2.24, 2.45) is 0 Å². The second-order valence-corrected chi connectivity index (χ2v) is 9.48. The van der Waals surface area contributed by atoms with Gasteiger partial charge in [0.1, 0.15) is 17.4 Å². The van der Waals surface area contributed by atoms with Gasteiger partial charge in [-0.15, -0.1) is 11.3 Å². The number of benzene rings is 2. The largest absolute Gasteiger partial charge is 0.496 e. The topological polar surface area (TPSA) is 42.4 Å². The van der Waals surface area contributed by atoms with Crippen molar-refractivity contribution in [2.45, 2.75) is 37.0 Å². The lowest BCUT2D eigenvalue weighted by molar-refractivity contribution is -0.135. The quantitative estimate of drug-likeness (QED) is 0.509. The molecule has 32 heavy (non-hydrogen) atoms. The molecule has 166 valence electrons. The number of nitrogens with zero attached hydrogens (tertiary/aromatic N) is 2. The highest BCUT2D eigenvalue weighted by atomic mass is 32.1. The fraction of sp³-hybridized carbons (Fsp3) is 0.360. The molecule has 2 aliphatic rings. The van der Waals surface area contributed by atoms with Crippen LogP contribution in [0.1, 0.15) is 42.2 Å². The van der Waals surface area contributed by atoms with Crippen LogP contribution in [0.15, 0.2) is 47.8 Å². The van der Waals surface area contributed by atoms with Crippen molar-refractivity contribution in [2.75, 3.05) is 20.2 Å². The number of carbonyl (C=O) groups is 1. The molecule has 0 radical (unpaired) electrons. The number of methoxy groups -OCH3 is 1. The van der Waals surface area contributed by atoms with Gasteiger partial charge >= 0.3 is 0 Å². The normalized spacial score (nSPS) is 19.6. The molecule has 1 amide bonds. The van der Waals surface area contributed by atoms with Gasteiger partial charge in [0.05, 0.1) is 23.2 Å². The molecule has 3 aromatic rings. The smallest absolute Gasteiger partial charge is 0.233 e. The molecule has 1 saturated carbocycles. The molecule has 2 aromatic carbocycles. The average molecular weight is 455 g/mol. The number of hydrogen-bond donors (Lipinski definition) is 0. The number of likely N-dealkylation sites (tertiary alicyclic amines) is 1. The maximum atomic E-state index is 13.6. The van der Waals surface area contributed by atoms with E-state index in [1.807, 2.05) is 10.3 Å². The van der Waals surface area contributed by atoms with Crippen LogP contribution in [0.3, 0.4) is 0 Å². The first-order chi connectivity index (χ1) is 15.5. The predicted molar refractivity (Wildman–Crippen MR) is 120 cm³/mol. The van der Waals surface area contributed by atoms with Crippen LogP contribution >= 0.6 is 11.3 Å². The molecule has 2 heterocycles. The molecule has 4 nitrogen and oxygen atoms in total. The Bertz CT molecular complexity index is 1140. The highest BCUT2D eigenvalue weighted by Gasteiger charge is 2.53. The van der Waals surface area contributed by atoms with Gasteiger partial charge < -0.3 is 9.64 Å². The summed E-state index contributed by atoms with van der Waals surface area (Å²) in [4.78, 5) is 20.2. The summed E-state index contributed by atoms with van der Waals surface area (Å²) in [6, 6.07) is 10.8. The number of halogens is 2. The Balaban J connectivity index is 1.34. The molecule has 2 fully saturated rings. The third kappa shape index (κ3) is 3.79. The molecule has 1 aliphatic heterocycles. The van der Waals surface area contributed by atoms with Gasteiger partial charge in [0.15, 0.2) is 0 Å². The van der Waals surface area contributed by atoms with Gasteiger partial charge in [-0.25, -0.2) is 13.8 Å². The zero-order chi connectivity index (χ0) is 22.3. The zero-order valence-electron chi connectivity index (χ0n) is 17.8. The highest BCUT2D eigenvalue weighted by Crippen LogP contribution is 2.50. The fourth-order valence-electron chi connectivity index (χ4n) is 4.66. The molecule has 1 atom stereocenters. The van der Waals surface area contributed by atoms with E-state index >= 15 is 0 Å². The predicted octanol–water partition coefficient (Wildman–Crippen LogP) is 5.53. The van der Waals surface area contributed by atoms with E-state index in [0.29, 0.717) is 12.3 Å². The molecule has 1 saturated heterocycles. The van der Waals surface area contributed by atoms with Crippen LogP contribution < -0.4 is 4.74 Å². The zero-order valence-corrected chi connectivity index (χ0v) is 18.6. The van der Waals surface area contributed by atoms with Gasteiger partial charge in [0.25, 0.3) is 0 Å². The van der Waals surface area contributed by atoms with E-state index in [-0.39, 0.29) is 23.5 Å². The molecular formula is C25H24F2N2O2S. The summed E-state index contributed by atoms with van der Waals surface area (Å²) >= 11 is 1.57. The molecule has 0 spiro atoms. The number of carbonyl (C=O) groups excluding carboxylic acids is 1. The highest BCUT2D eigenvalue weighted by molar-refractivity contribution is 7.10. The summed E-state index contributed by atoms with van der Waals surface area (Å²) in [5.74, 6) is 0.134. The molecule has 0 bridgehead atoms. The third-order valence-corrected chi connectivity index (χ3v) is 7.58. The molecule has 1 aliphatic carbocycles. The standard InChI is InChI=1S/C25H24F2N2O2S/c1-31-22-13-19(27)8-9-20(22)21-15-32-23(28-21)16-3-2-12-29(14-16)24(30)25(10-11-25)17-4-6-18(26)7-5-17/h4-9,13,15-16H,2-3,10-12,14H2,1H3/t16-/m1/s1. The Morgan fingerprint density at radius 1 is 1.16 bits per heavy atom. The van der Waals surface area contributed by atoms with Crippen molar-refractivity contribution in [3.05, 3.63) is 70.1 Å². The first kappa shape index (κ1) is 21.1. The van der Waals surface area contributed by atoms with Gasteiger partial charge in [-0.1, -0.05) is 12.1 Å². The number of hydrogen-bond acceptors (Lipinski definition) is 4. The monoisotopic (exact) mass is 454 g/mol. The Kier molecular flexibility index (Phi) is 5.45. The van der Waals surface area contributed by atoms with Crippen molar-refractivity contribution in [3.8, 4) is 17.0 Å². The lowest BCUT2D eigenvalue weighted by Crippen LogP contribution is -2.44. The molecule has 1 aromatic heterocycles. The van der Waals surface area contributed by atoms with E-state index < -0.39 is 5.41 Å².